The lowest BCUT2D eigenvalue weighted by molar-refractivity contribution is 0.415. The lowest BCUT2D eigenvalue weighted by atomic mass is 10.3. The van der Waals surface area contributed by atoms with Gasteiger partial charge in [0.2, 0.25) is 0 Å². The summed E-state index contributed by atoms with van der Waals surface area (Å²) in [5, 5.41) is 2.99. The average Bonchev–Trinajstić information content (AvgIpc) is 2.90. The second kappa shape index (κ2) is 5.77. The van der Waals surface area contributed by atoms with Crippen LogP contribution in [-0.2, 0) is 6.54 Å². The van der Waals surface area contributed by atoms with E-state index in [-0.39, 0.29) is 0 Å². The number of nitrogens with two attached hydrogens (primary N) is 1. The number of furan rings is 1. The third kappa shape index (κ3) is 3.28. The Hall–Kier alpha value is -2.43. The van der Waals surface area contributed by atoms with Crippen LogP contribution in [0.3, 0.4) is 0 Å². The fraction of sp³-hybridized carbons (Fsp3) is 0.154. The minimum atomic E-state index is 0.333. The number of hydrogen-bond donors (Lipinski definition) is 2. The molecular formula is C13H15N3O2. The van der Waals surface area contributed by atoms with Crippen LogP contribution in [-0.4, -0.2) is 13.1 Å². The Bertz CT molecular complexity index is 521. The predicted octanol–water partition coefficient (Wildman–Crippen LogP) is 2.21. The fourth-order valence-electron chi connectivity index (χ4n) is 1.45. The maximum absolute atomic E-state index is 5.77. The molecule has 0 spiro atoms. The van der Waals surface area contributed by atoms with Crippen LogP contribution in [0.2, 0.25) is 0 Å². The smallest absolute Gasteiger partial charge is 0.193 e. The number of benzene rings is 1. The summed E-state index contributed by atoms with van der Waals surface area (Å²) >= 11 is 0. The Morgan fingerprint density at radius 1 is 1.39 bits per heavy atom. The van der Waals surface area contributed by atoms with Gasteiger partial charge in [-0.3, -0.25) is 0 Å². The molecule has 0 fully saturated rings. The molecule has 0 amide bonds. The SMILES string of the molecule is COc1cccc(NC(N)=NCc2ccco2)c1. The number of methoxy groups -OCH3 is 1. The molecule has 1 aromatic heterocycles. The average molecular weight is 245 g/mol. The van der Waals surface area contributed by atoms with Gasteiger partial charge < -0.3 is 20.2 Å². The van der Waals surface area contributed by atoms with Crippen LogP contribution in [0.25, 0.3) is 0 Å². The number of anilines is 1. The number of hydrogen-bond acceptors (Lipinski definition) is 3. The van der Waals surface area contributed by atoms with Gasteiger partial charge in [-0.2, -0.15) is 0 Å². The molecule has 5 nitrogen and oxygen atoms in total. The van der Waals surface area contributed by atoms with Gasteiger partial charge in [0.25, 0.3) is 0 Å². The Labute approximate surface area is 105 Å². The minimum absolute atomic E-state index is 0.333. The molecule has 0 saturated carbocycles. The number of nitrogens with one attached hydrogen (secondary N) is 1. The van der Waals surface area contributed by atoms with Crippen LogP contribution in [0.4, 0.5) is 5.69 Å². The van der Waals surface area contributed by atoms with Crippen LogP contribution in [0.5, 0.6) is 5.75 Å². The van der Waals surface area contributed by atoms with E-state index in [0.717, 1.165) is 17.2 Å². The number of aliphatic imine (C=N–C) groups is 1. The van der Waals surface area contributed by atoms with Crippen molar-refractivity contribution in [1.29, 1.82) is 0 Å². The Kier molecular flexibility index (Phi) is 3.86. The maximum atomic E-state index is 5.77. The van der Waals surface area contributed by atoms with Crippen molar-refractivity contribution >= 4 is 11.6 Å². The van der Waals surface area contributed by atoms with Crippen LogP contribution in [0.1, 0.15) is 5.76 Å². The summed E-state index contributed by atoms with van der Waals surface area (Å²) in [6, 6.07) is 11.1. The molecule has 0 aliphatic carbocycles. The Morgan fingerprint density at radius 2 is 2.28 bits per heavy atom. The zero-order valence-corrected chi connectivity index (χ0v) is 10.1. The first-order valence-corrected chi connectivity index (χ1v) is 5.51. The first kappa shape index (κ1) is 12.0. The van der Waals surface area contributed by atoms with Gasteiger partial charge in [0.1, 0.15) is 18.1 Å². The molecular weight excluding hydrogens is 230 g/mol. The first-order chi connectivity index (χ1) is 8.78. The van der Waals surface area contributed by atoms with E-state index in [2.05, 4.69) is 10.3 Å². The lowest BCUT2D eigenvalue weighted by Gasteiger charge is -2.06. The van der Waals surface area contributed by atoms with Gasteiger partial charge in [-0.05, 0) is 24.3 Å². The summed E-state index contributed by atoms with van der Waals surface area (Å²) in [5.41, 5.74) is 6.60. The van der Waals surface area contributed by atoms with Gasteiger partial charge in [0.15, 0.2) is 5.96 Å². The topological polar surface area (TPSA) is 72.8 Å². The van der Waals surface area contributed by atoms with Crippen LogP contribution < -0.4 is 15.8 Å². The normalized spacial score (nSPS) is 11.3. The minimum Gasteiger partial charge on any atom is -0.497 e. The molecule has 18 heavy (non-hydrogen) atoms. The van der Waals surface area contributed by atoms with Crippen LogP contribution in [0, 0.1) is 0 Å². The maximum Gasteiger partial charge on any atom is 0.193 e. The van der Waals surface area contributed by atoms with Crippen LogP contribution >= 0.6 is 0 Å². The quantitative estimate of drug-likeness (QED) is 0.640. The third-order valence-corrected chi connectivity index (χ3v) is 2.33. The van der Waals surface area contributed by atoms with Crippen molar-refractivity contribution in [2.24, 2.45) is 10.7 Å². The highest BCUT2D eigenvalue weighted by Gasteiger charge is 1.98. The standard InChI is InChI=1S/C13H15N3O2/c1-17-11-5-2-4-10(8-11)16-13(14)15-9-12-6-3-7-18-12/h2-8H,9H2,1H3,(H3,14,15,16). The van der Waals surface area contributed by atoms with Crippen molar-refractivity contribution in [3.63, 3.8) is 0 Å². The number of nitrogens with zero attached hydrogens (tertiary/aromatic N) is 1. The van der Waals surface area contributed by atoms with Gasteiger partial charge in [-0.1, -0.05) is 6.07 Å². The summed E-state index contributed by atoms with van der Waals surface area (Å²) in [4.78, 5) is 4.17. The molecule has 94 valence electrons. The molecule has 0 saturated heterocycles. The molecule has 2 rings (SSSR count). The molecule has 3 N–H and O–H groups in total. The van der Waals surface area contributed by atoms with Crippen molar-refractivity contribution in [2.75, 3.05) is 12.4 Å². The third-order valence-electron chi connectivity index (χ3n) is 2.33. The van der Waals surface area contributed by atoms with E-state index in [0.29, 0.717) is 12.5 Å². The lowest BCUT2D eigenvalue weighted by Crippen LogP contribution is -2.22. The summed E-state index contributed by atoms with van der Waals surface area (Å²) in [6.07, 6.45) is 1.61. The summed E-state index contributed by atoms with van der Waals surface area (Å²) in [7, 11) is 1.62. The molecule has 0 radical (unpaired) electrons. The first-order valence-electron chi connectivity index (χ1n) is 5.51. The van der Waals surface area contributed by atoms with E-state index in [1.165, 1.54) is 0 Å². The van der Waals surface area contributed by atoms with Crippen molar-refractivity contribution in [1.82, 2.24) is 0 Å². The predicted molar refractivity (Wildman–Crippen MR) is 70.7 cm³/mol. The highest BCUT2D eigenvalue weighted by Crippen LogP contribution is 2.16. The molecule has 0 atom stereocenters. The summed E-state index contributed by atoms with van der Waals surface area (Å²) < 4.78 is 10.3. The molecule has 0 aliphatic heterocycles. The molecule has 1 heterocycles. The van der Waals surface area contributed by atoms with Gasteiger partial charge >= 0.3 is 0 Å². The number of guanidine groups is 1. The number of ether oxygens (including phenoxy) is 1. The van der Waals surface area contributed by atoms with E-state index < -0.39 is 0 Å². The molecule has 0 bridgehead atoms. The summed E-state index contributed by atoms with van der Waals surface area (Å²) in [5.74, 6) is 1.86. The van der Waals surface area contributed by atoms with Gasteiger partial charge in [0, 0.05) is 11.8 Å². The van der Waals surface area contributed by atoms with Gasteiger partial charge in [0.05, 0.1) is 13.4 Å². The largest absolute Gasteiger partial charge is 0.497 e. The molecule has 2 aromatic rings. The van der Waals surface area contributed by atoms with E-state index in [9.17, 15) is 0 Å². The van der Waals surface area contributed by atoms with Gasteiger partial charge in [-0.15, -0.1) is 0 Å². The highest BCUT2D eigenvalue weighted by molar-refractivity contribution is 5.92. The van der Waals surface area contributed by atoms with Crippen molar-refractivity contribution in [2.45, 2.75) is 6.54 Å². The number of rotatable bonds is 4. The van der Waals surface area contributed by atoms with E-state index in [1.54, 1.807) is 13.4 Å². The zero-order chi connectivity index (χ0) is 12.8. The molecule has 0 aliphatic rings. The van der Waals surface area contributed by atoms with Crippen molar-refractivity contribution in [3.05, 3.63) is 48.4 Å². The van der Waals surface area contributed by atoms with E-state index in [1.807, 2.05) is 36.4 Å². The molecule has 0 unspecified atom stereocenters. The van der Waals surface area contributed by atoms with Gasteiger partial charge in [-0.25, -0.2) is 4.99 Å². The Balaban J connectivity index is 1.97. The monoisotopic (exact) mass is 245 g/mol. The zero-order valence-electron chi connectivity index (χ0n) is 10.1. The second-order valence-electron chi connectivity index (χ2n) is 3.64. The van der Waals surface area contributed by atoms with Crippen molar-refractivity contribution < 1.29 is 9.15 Å². The van der Waals surface area contributed by atoms with E-state index in [4.69, 9.17) is 14.9 Å². The molecule has 5 heteroatoms. The van der Waals surface area contributed by atoms with Crippen LogP contribution in [0.15, 0.2) is 52.1 Å². The van der Waals surface area contributed by atoms with Crippen molar-refractivity contribution in [3.8, 4) is 5.75 Å². The Morgan fingerprint density at radius 3 is 3.00 bits per heavy atom. The second-order valence-corrected chi connectivity index (χ2v) is 3.64. The molecule has 1 aromatic carbocycles. The summed E-state index contributed by atoms with van der Waals surface area (Å²) in [6.45, 7) is 0.413. The fourth-order valence-corrected chi connectivity index (χ4v) is 1.45. The highest BCUT2D eigenvalue weighted by atomic mass is 16.5. The van der Waals surface area contributed by atoms with E-state index >= 15 is 0 Å².